The van der Waals surface area contributed by atoms with E-state index < -0.39 is 0 Å². The molecule has 3 heteroatoms. The summed E-state index contributed by atoms with van der Waals surface area (Å²) in [7, 11) is 0. The van der Waals surface area contributed by atoms with Crippen molar-refractivity contribution in [2.45, 2.75) is 39.2 Å². The monoisotopic (exact) mass is 303 g/mol. The number of benzene rings is 2. The van der Waals surface area contributed by atoms with Crippen molar-refractivity contribution in [3.63, 3.8) is 0 Å². The first-order valence-electron chi connectivity index (χ1n) is 7.43. The normalized spacial score (nSPS) is 12.2. The summed E-state index contributed by atoms with van der Waals surface area (Å²) in [6, 6.07) is 14.0. The lowest BCUT2D eigenvalue weighted by molar-refractivity contribution is 0.471. The van der Waals surface area contributed by atoms with Gasteiger partial charge in [-0.05, 0) is 54.7 Å². The Balaban J connectivity index is 2.23. The molecule has 0 bridgehead atoms. The van der Waals surface area contributed by atoms with Crippen LogP contribution in [0.3, 0.4) is 0 Å². The third kappa shape index (κ3) is 4.23. The minimum atomic E-state index is 0.158. The first kappa shape index (κ1) is 15.9. The summed E-state index contributed by atoms with van der Waals surface area (Å²) in [5, 5.41) is 0.783. The van der Waals surface area contributed by atoms with Crippen LogP contribution >= 0.6 is 11.6 Å². The second-order valence-electron chi connectivity index (χ2n) is 5.19. The van der Waals surface area contributed by atoms with E-state index in [-0.39, 0.29) is 6.04 Å². The van der Waals surface area contributed by atoms with E-state index in [2.05, 4.69) is 19.9 Å². The molecule has 2 aromatic rings. The molecule has 2 rings (SSSR count). The molecular formula is C18H22ClNO. The molecule has 112 valence electrons. The minimum absolute atomic E-state index is 0.158. The highest BCUT2D eigenvalue weighted by Crippen LogP contribution is 2.29. The second-order valence-corrected chi connectivity index (χ2v) is 5.60. The molecular weight excluding hydrogens is 282 g/mol. The van der Waals surface area contributed by atoms with Crippen molar-refractivity contribution >= 4 is 11.6 Å². The number of hydrogen-bond donors (Lipinski definition) is 1. The van der Waals surface area contributed by atoms with Crippen LogP contribution in [0, 0.1) is 0 Å². The van der Waals surface area contributed by atoms with Crippen LogP contribution in [0.25, 0.3) is 0 Å². The molecule has 0 saturated carbocycles. The van der Waals surface area contributed by atoms with Gasteiger partial charge in [-0.2, -0.15) is 0 Å². The van der Waals surface area contributed by atoms with Crippen molar-refractivity contribution in [2.24, 2.45) is 5.73 Å². The Bertz CT molecular complexity index is 598. The molecule has 0 spiro atoms. The topological polar surface area (TPSA) is 35.2 Å². The van der Waals surface area contributed by atoms with Gasteiger partial charge in [-0.3, -0.25) is 0 Å². The molecule has 0 heterocycles. The van der Waals surface area contributed by atoms with Crippen molar-refractivity contribution in [3.05, 3.63) is 58.6 Å². The summed E-state index contributed by atoms with van der Waals surface area (Å²) in [5.74, 6) is 1.68. The van der Waals surface area contributed by atoms with Gasteiger partial charge < -0.3 is 10.5 Å². The number of halogens is 1. The maximum Gasteiger partial charge on any atom is 0.130 e. The van der Waals surface area contributed by atoms with Crippen molar-refractivity contribution < 1.29 is 4.74 Å². The molecule has 0 aliphatic rings. The lowest BCUT2D eigenvalue weighted by Gasteiger charge is -2.14. The van der Waals surface area contributed by atoms with E-state index in [0.717, 1.165) is 46.9 Å². The third-order valence-corrected chi connectivity index (χ3v) is 3.97. The fourth-order valence-electron chi connectivity index (χ4n) is 2.21. The summed E-state index contributed by atoms with van der Waals surface area (Å²) in [5.41, 5.74) is 8.29. The number of nitrogens with two attached hydrogens (primary N) is 1. The van der Waals surface area contributed by atoms with Gasteiger partial charge in [-0.25, -0.2) is 0 Å². The highest BCUT2D eigenvalue weighted by atomic mass is 35.5. The number of aryl methyl sites for hydroxylation is 1. The van der Waals surface area contributed by atoms with E-state index in [1.807, 2.05) is 36.4 Å². The Morgan fingerprint density at radius 2 is 1.86 bits per heavy atom. The maximum absolute atomic E-state index is 6.15. The van der Waals surface area contributed by atoms with Gasteiger partial charge in [0.2, 0.25) is 0 Å². The van der Waals surface area contributed by atoms with Gasteiger partial charge in [0.25, 0.3) is 0 Å². The van der Waals surface area contributed by atoms with Gasteiger partial charge in [-0.1, -0.05) is 43.6 Å². The zero-order chi connectivity index (χ0) is 15.2. The van der Waals surface area contributed by atoms with Crippen LogP contribution in [0.1, 0.15) is 31.4 Å². The van der Waals surface area contributed by atoms with Gasteiger partial charge in [0, 0.05) is 11.1 Å². The van der Waals surface area contributed by atoms with Gasteiger partial charge >= 0.3 is 0 Å². The van der Waals surface area contributed by atoms with Gasteiger partial charge in [-0.15, -0.1) is 0 Å². The highest BCUT2D eigenvalue weighted by molar-refractivity contribution is 6.31. The van der Waals surface area contributed by atoms with Crippen LogP contribution in [0.15, 0.2) is 42.5 Å². The molecule has 2 N–H and O–H groups in total. The smallest absolute Gasteiger partial charge is 0.130 e. The number of rotatable bonds is 6. The first-order valence-corrected chi connectivity index (χ1v) is 7.81. The lowest BCUT2D eigenvalue weighted by atomic mass is 10.0. The number of ether oxygens (including phenoxy) is 1. The van der Waals surface area contributed by atoms with Gasteiger partial charge in [0.1, 0.15) is 11.5 Å². The molecule has 0 amide bonds. The van der Waals surface area contributed by atoms with Crippen LogP contribution in [-0.2, 0) is 12.8 Å². The molecule has 0 aromatic heterocycles. The molecule has 0 fully saturated rings. The SMILES string of the molecule is CCc1cc(Oc2ccccc2CC(N)CC)ccc1Cl. The standard InChI is InChI=1S/C18H22ClNO/c1-3-13-12-16(9-10-17(13)19)21-18-8-6-5-7-14(18)11-15(20)4-2/h5-10,12,15H,3-4,11,20H2,1-2H3. The Labute approximate surface area is 131 Å². The van der Waals surface area contributed by atoms with Crippen LogP contribution in [0.4, 0.5) is 0 Å². The van der Waals surface area contributed by atoms with Crippen molar-refractivity contribution in [1.82, 2.24) is 0 Å². The summed E-state index contributed by atoms with van der Waals surface area (Å²) in [6.07, 6.45) is 2.66. The zero-order valence-electron chi connectivity index (χ0n) is 12.6. The molecule has 0 radical (unpaired) electrons. The number of para-hydroxylation sites is 1. The number of hydrogen-bond acceptors (Lipinski definition) is 2. The zero-order valence-corrected chi connectivity index (χ0v) is 13.4. The second kappa shape index (κ2) is 7.48. The molecule has 0 saturated heterocycles. The van der Waals surface area contributed by atoms with Crippen LogP contribution in [0.2, 0.25) is 5.02 Å². The van der Waals surface area contributed by atoms with Crippen molar-refractivity contribution in [1.29, 1.82) is 0 Å². The largest absolute Gasteiger partial charge is 0.457 e. The van der Waals surface area contributed by atoms with Crippen molar-refractivity contribution in [2.75, 3.05) is 0 Å². The van der Waals surface area contributed by atoms with Crippen LogP contribution in [-0.4, -0.2) is 6.04 Å². The third-order valence-electron chi connectivity index (χ3n) is 3.60. The summed E-state index contributed by atoms with van der Waals surface area (Å²) in [4.78, 5) is 0. The van der Waals surface area contributed by atoms with E-state index in [0.29, 0.717) is 0 Å². The Morgan fingerprint density at radius 3 is 2.57 bits per heavy atom. The highest BCUT2D eigenvalue weighted by Gasteiger charge is 2.09. The predicted octanol–water partition coefficient (Wildman–Crippen LogP) is 4.97. The molecule has 2 aromatic carbocycles. The first-order chi connectivity index (χ1) is 10.1. The lowest BCUT2D eigenvalue weighted by Crippen LogP contribution is -2.21. The van der Waals surface area contributed by atoms with E-state index in [4.69, 9.17) is 22.1 Å². The predicted molar refractivity (Wildman–Crippen MR) is 89.3 cm³/mol. The fourth-order valence-corrected chi connectivity index (χ4v) is 2.46. The Kier molecular flexibility index (Phi) is 5.66. The van der Waals surface area contributed by atoms with Crippen molar-refractivity contribution in [3.8, 4) is 11.5 Å². The molecule has 1 atom stereocenters. The fraction of sp³-hybridized carbons (Fsp3) is 0.333. The van der Waals surface area contributed by atoms with E-state index >= 15 is 0 Å². The van der Waals surface area contributed by atoms with Crippen LogP contribution in [0.5, 0.6) is 11.5 Å². The van der Waals surface area contributed by atoms with Crippen LogP contribution < -0.4 is 10.5 Å². The molecule has 1 unspecified atom stereocenters. The molecule has 0 aliphatic heterocycles. The maximum atomic E-state index is 6.15. The minimum Gasteiger partial charge on any atom is -0.457 e. The summed E-state index contributed by atoms with van der Waals surface area (Å²) in [6.45, 7) is 4.18. The van der Waals surface area contributed by atoms with Gasteiger partial charge in [0.15, 0.2) is 0 Å². The van der Waals surface area contributed by atoms with Gasteiger partial charge in [0.05, 0.1) is 0 Å². The average Bonchev–Trinajstić information content (AvgIpc) is 2.51. The van der Waals surface area contributed by atoms with E-state index in [1.165, 1.54) is 0 Å². The quantitative estimate of drug-likeness (QED) is 0.817. The molecule has 0 aliphatic carbocycles. The molecule has 21 heavy (non-hydrogen) atoms. The summed E-state index contributed by atoms with van der Waals surface area (Å²) >= 11 is 6.15. The molecule has 2 nitrogen and oxygen atoms in total. The average molecular weight is 304 g/mol. The van der Waals surface area contributed by atoms with E-state index in [1.54, 1.807) is 0 Å². The summed E-state index contributed by atoms with van der Waals surface area (Å²) < 4.78 is 6.04. The van der Waals surface area contributed by atoms with E-state index in [9.17, 15) is 0 Å². The Morgan fingerprint density at radius 1 is 1.10 bits per heavy atom. The Hall–Kier alpha value is -1.51.